The minimum Gasteiger partial charge on any atom is -0.486 e. The van der Waals surface area contributed by atoms with Crippen molar-refractivity contribution in [3.05, 3.63) is 52.3 Å². The van der Waals surface area contributed by atoms with E-state index in [1.165, 1.54) is 11.2 Å². The SMILES string of the molecule is CNC(=O)CN(Cc1cc(Br)c2c(c1)OCCO2)C(=O)c1ccc2c(N(C)C)ncnc2c1. The highest BCUT2D eigenvalue weighted by atomic mass is 79.9. The predicted molar refractivity (Wildman–Crippen MR) is 128 cm³/mol. The van der Waals surface area contributed by atoms with Crippen molar-refractivity contribution in [2.45, 2.75) is 6.54 Å². The number of rotatable bonds is 6. The molecule has 0 saturated carbocycles. The second-order valence-electron chi connectivity index (χ2n) is 7.76. The van der Waals surface area contributed by atoms with Crippen LogP contribution in [0.1, 0.15) is 15.9 Å². The van der Waals surface area contributed by atoms with E-state index in [0.717, 1.165) is 21.2 Å². The third-order valence-electron chi connectivity index (χ3n) is 5.22. The summed E-state index contributed by atoms with van der Waals surface area (Å²) in [5.41, 5.74) is 1.90. The lowest BCUT2D eigenvalue weighted by Gasteiger charge is -2.25. The van der Waals surface area contributed by atoms with E-state index in [2.05, 4.69) is 31.2 Å². The van der Waals surface area contributed by atoms with Gasteiger partial charge >= 0.3 is 0 Å². The van der Waals surface area contributed by atoms with E-state index in [1.807, 2.05) is 37.2 Å². The van der Waals surface area contributed by atoms with Gasteiger partial charge in [-0.05, 0) is 51.8 Å². The maximum Gasteiger partial charge on any atom is 0.254 e. The minimum absolute atomic E-state index is 0.0911. The zero-order valence-corrected chi connectivity index (χ0v) is 20.2. The Labute approximate surface area is 199 Å². The van der Waals surface area contributed by atoms with Crippen molar-refractivity contribution >= 4 is 44.5 Å². The van der Waals surface area contributed by atoms with E-state index in [-0.39, 0.29) is 24.9 Å². The van der Waals surface area contributed by atoms with Crippen molar-refractivity contribution in [1.82, 2.24) is 20.2 Å². The molecule has 10 heteroatoms. The molecule has 33 heavy (non-hydrogen) atoms. The highest BCUT2D eigenvalue weighted by Gasteiger charge is 2.22. The van der Waals surface area contributed by atoms with Crippen molar-refractivity contribution in [2.75, 3.05) is 45.8 Å². The molecule has 0 spiro atoms. The quantitative estimate of drug-likeness (QED) is 0.540. The summed E-state index contributed by atoms with van der Waals surface area (Å²) in [7, 11) is 5.34. The lowest BCUT2D eigenvalue weighted by Crippen LogP contribution is -2.39. The molecular formula is C23H24BrN5O4. The number of halogens is 1. The number of benzene rings is 2. The molecule has 2 aromatic carbocycles. The van der Waals surface area contributed by atoms with E-state index in [4.69, 9.17) is 9.47 Å². The zero-order valence-electron chi connectivity index (χ0n) is 18.6. The van der Waals surface area contributed by atoms with Crippen molar-refractivity contribution in [2.24, 2.45) is 0 Å². The average molecular weight is 514 g/mol. The van der Waals surface area contributed by atoms with Gasteiger partial charge in [0.1, 0.15) is 31.9 Å². The lowest BCUT2D eigenvalue weighted by atomic mass is 10.1. The third-order valence-corrected chi connectivity index (χ3v) is 5.81. The number of anilines is 1. The summed E-state index contributed by atoms with van der Waals surface area (Å²) >= 11 is 3.51. The first-order valence-corrected chi connectivity index (χ1v) is 11.2. The van der Waals surface area contributed by atoms with E-state index in [0.29, 0.717) is 35.8 Å². The number of amides is 2. The molecular weight excluding hydrogens is 490 g/mol. The average Bonchev–Trinajstić information content (AvgIpc) is 2.82. The summed E-state index contributed by atoms with van der Waals surface area (Å²) in [6.45, 7) is 1.06. The fourth-order valence-electron chi connectivity index (χ4n) is 3.64. The summed E-state index contributed by atoms with van der Waals surface area (Å²) in [4.78, 5) is 37.7. The Morgan fingerprint density at radius 3 is 2.67 bits per heavy atom. The first-order chi connectivity index (χ1) is 15.9. The van der Waals surface area contributed by atoms with Gasteiger partial charge in [-0.2, -0.15) is 0 Å². The number of hydrogen-bond acceptors (Lipinski definition) is 7. The number of fused-ring (bicyclic) bond motifs is 2. The number of nitrogens with one attached hydrogen (secondary N) is 1. The predicted octanol–water partition coefficient (Wildman–Crippen LogP) is 2.62. The van der Waals surface area contributed by atoms with Crippen LogP contribution in [0, 0.1) is 0 Å². The first kappa shape index (κ1) is 22.8. The van der Waals surface area contributed by atoms with Crippen LogP contribution in [0.5, 0.6) is 11.5 Å². The second-order valence-corrected chi connectivity index (χ2v) is 8.61. The van der Waals surface area contributed by atoms with Crippen molar-refractivity contribution in [1.29, 1.82) is 0 Å². The molecule has 0 atom stereocenters. The van der Waals surface area contributed by atoms with Crippen LogP contribution in [0.4, 0.5) is 5.82 Å². The molecule has 0 fully saturated rings. The second kappa shape index (κ2) is 9.62. The van der Waals surface area contributed by atoms with Crippen LogP contribution < -0.4 is 19.7 Å². The normalized spacial score (nSPS) is 12.4. The fourth-order valence-corrected chi connectivity index (χ4v) is 4.25. The number of ether oxygens (including phenoxy) is 2. The monoisotopic (exact) mass is 513 g/mol. The zero-order chi connectivity index (χ0) is 23.5. The van der Waals surface area contributed by atoms with Gasteiger partial charge in [0.25, 0.3) is 5.91 Å². The molecule has 3 aromatic rings. The number of aromatic nitrogens is 2. The van der Waals surface area contributed by atoms with Gasteiger partial charge < -0.3 is 24.6 Å². The fraction of sp³-hybridized carbons (Fsp3) is 0.304. The standard InChI is InChI=1S/C23H24BrN5O4/c1-25-20(30)12-29(11-14-8-17(24)21-19(9-14)32-6-7-33-21)23(31)15-4-5-16-18(10-15)26-13-27-22(16)28(2)3/h4-5,8-10,13H,6-7,11-12H2,1-3H3,(H,25,30). The Morgan fingerprint density at radius 2 is 1.91 bits per heavy atom. The molecule has 2 heterocycles. The van der Waals surface area contributed by atoms with Crippen LogP contribution in [0.15, 0.2) is 41.1 Å². The highest BCUT2D eigenvalue weighted by molar-refractivity contribution is 9.10. The Bertz CT molecular complexity index is 1220. The maximum atomic E-state index is 13.5. The van der Waals surface area contributed by atoms with E-state index in [9.17, 15) is 9.59 Å². The van der Waals surface area contributed by atoms with E-state index in [1.54, 1.807) is 19.2 Å². The molecule has 1 N–H and O–H groups in total. The molecule has 0 unspecified atom stereocenters. The van der Waals surface area contributed by atoms with Crippen molar-refractivity contribution in [3.63, 3.8) is 0 Å². The maximum absolute atomic E-state index is 13.5. The van der Waals surface area contributed by atoms with Crippen LogP contribution in [-0.4, -0.2) is 67.6 Å². The topological polar surface area (TPSA) is 96.9 Å². The third kappa shape index (κ3) is 4.85. The van der Waals surface area contributed by atoms with Crippen LogP contribution in [0.2, 0.25) is 0 Å². The van der Waals surface area contributed by atoms with Gasteiger partial charge in [-0.1, -0.05) is 0 Å². The summed E-state index contributed by atoms with van der Waals surface area (Å²) in [6, 6.07) is 8.99. The summed E-state index contributed by atoms with van der Waals surface area (Å²) < 4.78 is 12.1. The molecule has 172 valence electrons. The van der Waals surface area contributed by atoms with Gasteiger partial charge in [0.15, 0.2) is 11.5 Å². The molecule has 4 rings (SSSR count). The number of hydrogen-bond donors (Lipinski definition) is 1. The molecule has 2 amide bonds. The van der Waals surface area contributed by atoms with Crippen LogP contribution >= 0.6 is 15.9 Å². The number of likely N-dealkylation sites (N-methyl/N-ethyl adjacent to an activating group) is 1. The smallest absolute Gasteiger partial charge is 0.254 e. The Balaban J connectivity index is 1.66. The summed E-state index contributed by atoms with van der Waals surface area (Å²) in [6.07, 6.45) is 1.47. The van der Waals surface area contributed by atoms with Crippen LogP contribution in [-0.2, 0) is 11.3 Å². The largest absolute Gasteiger partial charge is 0.486 e. The van der Waals surface area contributed by atoms with Crippen molar-refractivity contribution < 1.29 is 19.1 Å². The minimum atomic E-state index is -0.281. The first-order valence-electron chi connectivity index (χ1n) is 10.4. The van der Waals surface area contributed by atoms with Gasteiger partial charge in [-0.25, -0.2) is 9.97 Å². The molecule has 1 aromatic heterocycles. The van der Waals surface area contributed by atoms with Gasteiger partial charge in [-0.15, -0.1) is 0 Å². The van der Waals surface area contributed by atoms with Crippen molar-refractivity contribution in [3.8, 4) is 11.5 Å². The number of carbonyl (C=O) groups excluding carboxylic acids is 2. The number of nitrogens with zero attached hydrogens (tertiary/aromatic N) is 4. The van der Waals surface area contributed by atoms with Gasteiger partial charge in [0.05, 0.1) is 9.99 Å². The number of carbonyl (C=O) groups is 2. The Hall–Kier alpha value is -3.40. The van der Waals surface area contributed by atoms with E-state index >= 15 is 0 Å². The van der Waals surface area contributed by atoms with Gasteiger partial charge in [0, 0.05) is 38.6 Å². The molecule has 0 bridgehead atoms. The summed E-state index contributed by atoms with van der Waals surface area (Å²) in [5, 5.41) is 3.43. The molecule has 0 saturated heterocycles. The van der Waals surface area contributed by atoms with E-state index < -0.39 is 0 Å². The van der Waals surface area contributed by atoms with Crippen LogP contribution in [0.3, 0.4) is 0 Å². The summed E-state index contributed by atoms with van der Waals surface area (Å²) in [5.74, 6) is 1.47. The molecule has 0 radical (unpaired) electrons. The molecule has 1 aliphatic rings. The molecule has 0 aliphatic carbocycles. The highest BCUT2D eigenvalue weighted by Crippen LogP contribution is 2.39. The van der Waals surface area contributed by atoms with Gasteiger partial charge in [-0.3, -0.25) is 9.59 Å². The molecule has 9 nitrogen and oxygen atoms in total. The lowest BCUT2D eigenvalue weighted by molar-refractivity contribution is -0.121. The Morgan fingerprint density at radius 1 is 1.12 bits per heavy atom. The van der Waals surface area contributed by atoms with Crippen LogP contribution in [0.25, 0.3) is 10.9 Å². The Kier molecular flexibility index (Phi) is 6.64. The van der Waals surface area contributed by atoms with Gasteiger partial charge in [0.2, 0.25) is 5.91 Å². The molecule has 1 aliphatic heterocycles.